The van der Waals surface area contributed by atoms with E-state index in [1.54, 1.807) is 20.8 Å². The monoisotopic (exact) mass is 505 g/mol. The van der Waals surface area contributed by atoms with Gasteiger partial charge in [0.05, 0.1) is 40.7 Å². The first-order valence-electron chi connectivity index (χ1n) is 10.5. The van der Waals surface area contributed by atoms with Crippen LogP contribution < -0.4 is 0 Å². The van der Waals surface area contributed by atoms with Gasteiger partial charge in [-0.2, -0.15) is 5.26 Å². The summed E-state index contributed by atoms with van der Waals surface area (Å²) in [6, 6.07) is 7.56. The Morgan fingerprint density at radius 1 is 1.28 bits per heavy atom. The van der Waals surface area contributed by atoms with Gasteiger partial charge in [0.2, 0.25) is 0 Å². The van der Waals surface area contributed by atoms with E-state index in [1.807, 2.05) is 19.9 Å². The first-order valence-corrected chi connectivity index (χ1v) is 11.3. The molecule has 1 aromatic carbocycles. The molecule has 0 unspecified atom stereocenters. The number of hydrogen-bond donors (Lipinski definition) is 0. The molecule has 0 saturated carbocycles. The number of hydrogen-bond acceptors (Lipinski definition) is 5. The Kier molecular flexibility index (Phi) is 9.98. The van der Waals surface area contributed by atoms with Crippen molar-refractivity contribution in [2.75, 3.05) is 0 Å². The van der Waals surface area contributed by atoms with Crippen molar-refractivity contribution >= 4 is 27.9 Å². The minimum Gasteiger partial charge on any atom is -0.443 e. The molecule has 2 amide bonds. The second-order valence-electron chi connectivity index (χ2n) is 7.66. The largest absolute Gasteiger partial charge is 0.443 e. The van der Waals surface area contributed by atoms with Crippen molar-refractivity contribution in [1.82, 2.24) is 9.88 Å². The van der Waals surface area contributed by atoms with Gasteiger partial charge in [-0.1, -0.05) is 40.2 Å². The number of fused-ring (bicyclic) bond motifs is 1. The molecule has 2 heterocycles. The minimum absolute atomic E-state index is 0.0478. The van der Waals surface area contributed by atoms with Crippen LogP contribution in [0.2, 0.25) is 0 Å². The Hall–Kier alpha value is -2.79. The molecule has 0 bridgehead atoms. The third-order valence-corrected chi connectivity index (χ3v) is 4.44. The van der Waals surface area contributed by atoms with Crippen LogP contribution in [0.15, 0.2) is 28.7 Å². The van der Waals surface area contributed by atoms with E-state index in [2.05, 4.69) is 34.8 Å². The van der Waals surface area contributed by atoms with Crippen LogP contribution in [0.3, 0.4) is 0 Å². The van der Waals surface area contributed by atoms with Crippen LogP contribution in [0.5, 0.6) is 0 Å². The van der Waals surface area contributed by atoms with Crippen molar-refractivity contribution < 1.29 is 18.7 Å². The highest BCUT2D eigenvalue weighted by Crippen LogP contribution is 2.34. The highest BCUT2D eigenvalue weighted by atomic mass is 79.9. The molecule has 0 saturated heterocycles. The number of pyridine rings is 1. The quantitative estimate of drug-likeness (QED) is 0.422. The van der Waals surface area contributed by atoms with Gasteiger partial charge in [0.1, 0.15) is 11.4 Å². The lowest BCUT2D eigenvalue weighted by molar-refractivity contribution is 0.0247. The summed E-state index contributed by atoms with van der Waals surface area (Å²) in [6.07, 6.45) is 0.475. The number of nitriles is 1. The molecule has 0 aliphatic carbocycles. The van der Waals surface area contributed by atoms with Crippen LogP contribution in [-0.4, -0.2) is 27.5 Å². The predicted octanol–water partition coefficient (Wildman–Crippen LogP) is 6.86. The predicted molar refractivity (Wildman–Crippen MR) is 125 cm³/mol. The molecule has 1 aliphatic rings. The van der Waals surface area contributed by atoms with E-state index in [0.717, 1.165) is 4.90 Å². The Bertz CT molecular complexity index is 1030. The molecule has 0 N–H and O–H groups in total. The van der Waals surface area contributed by atoms with Crippen LogP contribution in [0.1, 0.15) is 76.5 Å². The number of carbonyl (C=O) groups is 2. The molecule has 1 aromatic heterocycles. The Balaban J connectivity index is 0.000000944. The normalized spacial score (nSPS) is 12.0. The molecule has 32 heavy (non-hydrogen) atoms. The summed E-state index contributed by atoms with van der Waals surface area (Å²) in [6.45, 7) is 13.3. The number of imide groups is 1. The first kappa shape index (κ1) is 27.2. The van der Waals surface area contributed by atoms with Crippen molar-refractivity contribution in [2.45, 2.75) is 67.0 Å². The molecule has 3 rings (SSSR count). The van der Waals surface area contributed by atoms with Crippen molar-refractivity contribution in [2.24, 2.45) is 0 Å². The van der Waals surface area contributed by atoms with Gasteiger partial charge < -0.3 is 4.74 Å². The van der Waals surface area contributed by atoms with E-state index < -0.39 is 23.4 Å². The van der Waals surface area contributed by atoms with Gasteiger partial charge in [-0.05, 0) is 54.9 Å². The maximum Gasteiger partial charge on any atom is 0.417 e. The van der Waals surface area contributed by atoms with Crippen molar-refractivity contribution in [3.8, 4) is 17.3 Å². The van der Waals surface area contributed by atoms with E-state index in [0.29, 0.717) is 10.2 Å². The third-order valence-electron chi connectivity index (χ3n) is 3.82. The smallest absolute Gasteiger partial charge is 0.417 e. The van der Waals surface area contributed by atoms with Crippen LogP contribution >= 0.6 is 15.9 Å². The molecule has 1 aliphatic heterocycles. The van der Waals surface area contributed by atoms with E-state index in [4.69, 9.17) is 4.74 Å². The molecule has 0 fully saturated rings. The number of amides is 2. The molecule has 6 nitrogen and oxygen atoms in total. The number of rotatable bonds is 1. The molecular formula is C24H29BrFN3O3. The van der Waals surface area contributed by atoms with Gasteiger partial charge in [-0.25, -0.2) is 19.1 Å². The van der Waals surface area contributed by atoms with Crippen LogP contribution in [0.4, 0.5) is 9.18 Å². The zero-order valence-electron chi connectivity index (χ0n) is 19.5. The zero-order chi connectivity index (χ0) is 24.6. The van der Waals surface area contributed by atoms with Crippen molar-refractivity contribution in [3.05, 3.63) is 51.4 Å². The topological polar surface area (TPSA) is 83.3 Å². The standard InChI is InChI=1S/C19H15BrFN3O3.C3H8.C2H6/c1-19(2,3)27-18(26)24-9-14-16(17(24)25)11(20)7-13(23-14)15-10(8-22)5-4-6-12(15)21;1-3-2;1-2/h4-7H,9H2,1-3H3;3H2,1-2H3;1-2H3. The van der Waals surface area contributed by atoms with Gasteiger partial charge in [-0.3, -0.25) is 4.79 Å². The number of ether oxygens (including phenoxy) is 1. The first-order chi connectivity index (χ1) is 15.0. The van der Waals surface area contributed by atoms with Gasteiger partial charge in [-0.15, -0.1) is 0 Å². The second kappa shape index (κ2) is 11.7. The average Bonchev–Trinajstić information content (AvgIpc) is 3.05. The summed E-state index contributed by atoms with van der Waals surface area (Å²) in [5.74, 6) is -1.14. The Labute approximate surface area is 197 Å². The van der Waals surface area contributed by atoms with Gasteiger partial charge in [0.25, 0.3) is 5.91 Å². The van der Waals surface area contributed by atoms with Crippen LogP contribution in [-0.2, 0) is 11.3 Å². The Morgan fingerprint density at radius 3 is 2.41 bits per heavy atom. The summed E-state index contributed by atoms with van der Waals surface area (Å²) in [7, 11) is 0. The number of nitrogens with zero attached hydrogens (tertiary/aromatic N) is 3. The second-order valence-corrected chi connectivity index (χ2v) is 8.52. The van der Waals surface area contributed by atoms with Crippen LogP contribution in [0, 0.1) is 17.1 Å². The average molecular weight is 506 g/mol. The van der Waals surface area contributed by atoms with Gasteiger partial charge in [0, 0.05) is 4.47 Å². The molecule has 8 heteroatoms. The number of halogens is 2. The minimum atomic E-state index is -0.775. The molecule has 172 valence electrons. The van der Waals surface area contributed by atoms with Crippen molar-refractivity contribution in [1.29, 1.82) is 5.26 Å². The Morgan fingerprint density at radius 2 is 1.88 bits per heavy atom. The summed E-state index contributed by atoms with van der Waals surface area (Å²) < 4.78 is 19.9. The summed E-state index contributed by atoms with van der Waals surface area (Å²) in [4.78, 5) is 30.2. The fourth-order valence-electron chi connectivity index (χ4n) is 2.73. The summed E-state index contributed by atoms with van der Waals surface area (Å²) >= 11 is 3.30. The SMILES string of the molecule is CC.CC(C)(C)OC(=O)N1Cc2nc(-c3c(F)cccc3C#N)cc(Br)c2C1=O.CCC. The lowest BCUT2D eigenvalue weighted by Gasteiger charge is -2.23. The molecular weight excluding hydrogens is 477 g/mol. The molecule has 0 spiro atoms. The summed E-state index contributed by atoms with van der Waals surface area (Å²) in [5, 5.41) is 9.25. The maximum absolute atomic E-state index is 14.3. The highest BCUT2D eigenvalue weighted by Gasteiger charge is 2.38. The fraction of sp³-hybridized carbons (Fsp3) is 0.417. The number of benzene rings is 1. The van der Waals surface area contributed by atoms with E-state index in [1.165, 1.54) is 30.7 Å². The summed E-state index contributed by atoms with van der Waals surface area (Å²) in [5.41, 5.74) is 0.155. The fourth-order valence-corrected chi connectivity index (χ4v) is 3.35. The number of aromatic nitrogens is 1. The van der Waals surface area contributed by atoms with Gasteiger partial charge in [0.15, 0.2) is 0 Å². The van der Waals surface area contributed by atoms with E-state index >= 15 is 0 Å². The molecule has 2 aromatic rings. The molecule has 0 radical (unpaired) electrons. The molecule has 0 atom stereocenters. The highest BCUT2D eigenvalue weighted by molar-refractivity contribution is 9.10. The maximum atomic E-state index is 14.3. The van der Waals surface area contributed by atoms with E-state index in [9.17, 15) is 19.2 Å². The zero-order valence-corrected chi connectivity index (χ0v) is 21.1. The van der Waals surface area contributed by atoms with E-state index in [-0.39, 0.29) is 28.9 Å². The van der Waals surface area contributed by atoms with Crippen molar-refractivity contribution in [3.63, 3.8) is 0 Å². The lowest BCUT2D eigenvalue weighted by atomic mass is 10.0. The third kappa shape index (κ3) is 6.36. The van der Waals surface area contributed by atoms with Gasteiger partial charge >= 0.3 is 6.09 Å². The number of carbonyl (C=O) groups excluding carboxylic acids is 2. The van der Waals surface area contributed by atoms with Crippen LogP contribution in [0.25, 0.3) is 11.3 Å². The lowest BCUT2D eigenvalue weighted by Crippen LogP contribution is -2.36.